The van der Waals surface area contributed by atoms with Gasteiger partial charge >= 0.3 is 0 Å². The minimum atomic E-state index is -1.14. The van der Waals surface area contributed by atoms with Gasteiger partial charge in [0.25, 0.3) is 5.91 Å². The Morgan fingerprint density at radius 2 is 1.60 bits per heavy atom. The van der Waals surface area contributed by atoms with Crippen LogP contribution in [0.25, 0.3) is 0 Å². The normalized spacial score (nSPS) is 11.8. The van der Waals surface area contributed by atoms with Gasteiger partial charge in [-0.1, -0.05) is 18.2 Å². The summed E-state index contributed by atoms with van der Waals surface area (Å²) in [6.07, 6.45) is 0. The summed E-state index contributed by atoms with van der Waals surface area (Å²) in [6.45, 7) is 9.09. The Kier molecular flexibility index (Phi) is 9.81. The number of benzene rings is 2. The molecule has 10 heteroatoms. The van der Waals surface area contributed by atoms with Crippen LogP contribution in [0.1, 0.15) is 53.2 Å². The number of hydrogen-bond acceptors (Lipinski definition) is 7. The van der Waals surface area contributed by atoms with Crippen molar-refractivity contribution in [3.05, 3.63) is 69.4 Å². The van der Waals surface area contributed by atoms with Crippen molar-refractivity contribution in [2.75, 3.05) is 32.8 Å². The molecule has 0 saturated heterocycles. The second-order valence-electron chi connectivity index (χ2n) is 10.2. The van der Waals surface area contributed by atoms with Crippen LogP contribution >= 0.6 is 11.3 Å². The molecule has 3 amide bonds. The van der Waals surface area contributed by atoms with E-state index < -0.39 is 23.4 Å². The van der Waals surface area contributed by atoms with E-state index in [2.05, 4.69) is 10.6 Å². The molecule has 9 nitrogen and oxygen atoms in total. The maximum Gasteiger partial charge on any atom is 0.261 e. The summed E-state index contributed by atoms with van der Waals surface area (Å²) < 4.78 is 16.6. The molecular weight excluding hydrogens is 530 g/mol. The summed E-state index contributed by atoms with van der Waals surface area (Å²) in [4.78, 5) is 42.7. The van der Waals surface area contributed by atoms with Crippen molar-refractivity contribution in [2.45, 2.75) is 46.2 Å². The van der Waals surface area contributed by atoms with E-state index in [4.69, 9.17) is 14.2 Å². The lowest BCUT2D eigenvalue weighted by atomic mass is 9.98. The Balaban J connectivity index is 2.21. The topological polar surface area (TPSA) is 106 Å². The van der Waals surface area contributed by atoms with Gasteiger partial charge in [-0.05, 0) is 81.0 Å². The third kappa shape index (κ3) is 6.93. The van der Waals surface area contributed by atoms with Gasteiger partial charge in [0, 0.05) is 11.2 Å². The summed E-state index contributed by atoms with van der Waals surface area (Å²) in [7, 11) is 4.46. The Hall–Kier alpha value is -4.05. The molecule has 0 fully saturated rings. The smallest absolute Gasteiger partial charge is 0.261 e. The molecule has 1 heterocycles. The van der Waals surface area contributed by atoms with Crippen LogP contribution in [0.2, 0.25) is 0 Å². The SMILES string of the molecule is COc1cc([C@@H](C(=O)NC(C)(C)C)N(C(=O)CNC(=O)c2cccs2)c2cccc(C)c2C)cc(OC)c1OC. The van der Waals surface area contributed by atoms with Gasteiger partial charge in [-0.3, -0.25) is 19.3 Å². The Labute approximate surface area is 239 Å². The molecule has 1 aromatic heterocycles. The molecule has 2 N–H and O–H groups in total. The highest BCUT2D eigenvalue weighted by Crippen LogP contribution is 2.42. The van der Waals surface area contributed by atoms with Crippen molar-refractivity contribution < 1.29 is 28.6 Å². The van der Waals surface area contributed by atoms with Crippen molar-refractivity contribution >= 4 is 34.7 Å². The van der Waals surface area contributed by atoms with E-state index >= 15 is 0 Å². The molecule has 0 saturated carbocycles. The van der Waals surface area contributed by atoms with Crippen molar-refractivity contribution in [1.82, 2.24) is 10.6 Å². The first-order valence-corrected chi connectivity index (χ1v) is 13.6. The fraction of sp³-hybridized carbons (Fsp3) is 0.367. The number of anilines is 1. The highest BCUT2D eigenvalue weighted by atomic mass is 32.1. The molecule has 3 rings (SSSR count). The first-order chi connectivity index (χ1) is 18.9. The third-order valence-corrected chi connectivity index (χ3v) is 7.13. The first kappa shape index (κ1) is 30.5. The zero-order chi connectivity index (χ0) is 29.6. The zero-order valence-corrected chi connectivity index (χ0v) is 25.0. The van der Waals surface area contributed by atoms with E-state index in [1.807, 2.05) is 46.8 Å². The largest absolute Gasteiger partial charge is 0.493 e. The maximum absolute atomic E-state index is 14.0. The molecule has 1 atom stereocenters. The van der Waals surface area contributed by atoms with Crippen LogP contribution in [0, 0.1) is 13.8 Å². The molecular formula is C30H37N3O6S. The lowest BCUT2D eigenvalue weighted by Crippen LogP contribution is -2.51. The number of hydrogen-bond donors (Lipinski definition) is 2. The summed E-state index contributed by atoms with van der Waals surface area (Å²) in [6, 6.07) is 11.2. The summed E-state index contributed by atoms with van der Waals surface area (Å²) in [5, 5.41) is 7.51. The third-order valence-electron chi connectivity index (χ3n) is 6.26. The minimum Gasteiger partial charge on any atom is -0.493 e. The molecule has 0 bridgehead atoms. The van der Waals surface area contributed by atoms with Crippen LogP contribution in [0.3, 0.4) is 0 Å². The van der Waals surface area contributed by atoms with Gasteiger partial charge in [0.15, 0.2) is 11.5 Å². The van der Waals surface area contributed by atoms with Gasteiger partial charge in [-0.2, -0.15) is 0 Å². The fourth-order valence-corrected chi connectivity index (χ4v) is 4.90. The quantitative estimate of drug-likeness (QED) is 0.364. The van der Waals surface area contributed by atoms with Crippen LogP contribution in [0.4, 0.5) is 5.69 Å². The second-order valence-corrected chi connectivity index (χ2v) is 11.2. The Morgan fingerprint density at radius 1 is 0.950 bits per heavy atom. The standard InChI is InChI=1S/C30H37N3O6S/c1-18-11-9-12-21(19(18)2)33(25(34)17-31-28(35)24-13-10-14-40-24)26(29(36)32-30(3,4)5)20-15-22(37-6)27(39-8)23(16-20)38-7/h9-16,26H,17H2,1-8H3,(H,31,35)(H,32,36)/t26-/m0/s1. The van der Waals surface area contributed by atoms with Crippen molar-refractivity contribution in [3.63, 3.8) is 0 Å². The molecule has 0 aliphatic heterocycles. The summed E-state index contributed by atoms with van der Waals surface area (Å²) >= 11 is 1.28. The fourth-order valence-electron chi connectivity index (χ4n) is 4.26. The Morgan fingerprint density at radius 3 is 2.12 bits per heavy atom. The van der Waals surface area contributed by atoms with Gasteiger partial charge < -0.3 is 24.8 Å². The maximum atomic E-state index is 14.0. The lowest BCUT2D eigenvalue weighted by Gasteiger charge is -2.35. The van der Waals surface area contributed by atoms with Gasteiger partial charge in [0.05, 0.1) is 32.8 Å². The van der Waals surface area contributed by atoms with E-state index in [1.54, 1.807) is 35.7 Å². The predicted octanol–water partition coefficient (Wildman–Crippen LogP) is 4.81. The number of rotatable bonds is 10. The van der Waals surface area contributed by atoms with Crippen molar-refractivity contribution in [2.24, 2.45) is 0 Å². The minimum absolute atomic E-state index is 0.326. The number of carbonyl (C=O) groups is 3. The molecule has 0 aliphatic rings. The monoisotopic (exact) mass is 567 g/mol. The van der Waals surface area contributed by atoms with Crippen LogP contribution < -0.4 is 29.7 Å². The molecule has 40 heavy (non-hydrogen) atoms. The van der Waals surface area contributed by atoms with Gasteiger partial charge in [-0.15, -0.1) is 11.3 Å². The summed E-state index contributed by atoms with van der Waals surface area (Å²) in [5.41, 5.74) is 2.15. The number of nitrogens with one attached hydrogen (secondary N) is 2. The number of nitrogens with zero attached hydrogens (tertiary/aromatic N) is 1. The van der Waals surface area contributed by atoms with Crippen LogP contribution in [-0.2, 0) is 9.59 Å². The van der Waals surface area contributed by atoms with Gasteiger partial charge in [0.2, 0.25) is 17.6 Å². The average molecular weight is 568 g/mol. The van der Waals surface area contributed by atoms with E-state index in [1.165, 1.54) is 37.6 Å². The lowest BCUT2D eigenvalue weighted by molar-refractivity contribution is -0.127. The molecule has 0 spiro atoms. The van der Waals surface area contributed by atoms with Crippen molar-refractivity contribution in [3.8, 4) is 17.2 Å². The highest BCUT2D eigenvalue weighted by molar-refractivity contribution is 7.12. The van der Waals surface area contributed by atoms with E-state index in [0.717, 1.165) is 11.1 Å². The zero-order valence-electron chi connectivity index (χ0n) is 24.2. The number of thiophene rings is 1. The predicted molar refractivity (Wildman–Crippen MR) is 157 cm³/mol. The molecule has 2 aromatic carbocycles. The second kappa shape index (κ2) is 12.9. The molecule has 3 aromatic rings. The van der Waals surface area contributed by atoms with Gasteiger partial charge in [-0.25, -0.2) is 0 Å². The number of aryl methyl sites for hydroxylation is 1. The van der Waals surface area contributed by atoms with Crippen molar-refractivity contribution in [1.29, 1.82) is 0 Å². The van der Waals surface area contributed by atoms with Crippen LogP contribution in [-0.4, -0.2) is 51.1 Å². The highest BCUT2D eigenvalue weighted by Gasteiger charge is 2.36. The number of methoxy groups -OCH3 is 3. The van der Waals surface area contributed by atoms with Gasteiger partial charge in [0.1, 0.15) is 6.04 Å². The van der Waals surface area contributed by atoms with E-state index in [-0.39, 0.29) is 12.5 Å². The Bertz CT molecular complexity index is 1340. The number of ether oxygens (including phenoxy) is 3. The molecule has 0 unspecified atom stereocenters. The summed E-state index contributed by atoms with van der Waals surface area (Å²) in [5.74, 6) is -0.221. The van der Waals surface area contributed by atoms with Crippen LogP contribution in [0.15, 0.2) is 47.8 Å². The first-order valence-electron chi connectivity index (χ1n) is 12.7. The number of carbonyl (C=O) groups excluding carboxylic acids is 3. The van der Waals surface area contributed by atoms with E-state index in [0.29, 0.717) is 33.4 Å². The molecule has 214 valence electrons. The average Bonchev–Trinajstić information content (AvgIpc) is 3.45. The molecule has 0 aliphatic carbocycles. The van der Waals surface area contributed by atoms with E-state index in [9.17, 15) is 14.4 Å². The van der Waals surface area contributed by atoms with Crippen LogP contribution in [0.5, 0.6) is 17.2 Å². The number of amides is 3. The molecule has 0 radical (unpaired) electrons.